The Labute approximate surface area is 174 Å². The van der Waals surface area contributed by atoms with Crippen LogP contribution in [0.1, 0.15) is 59.3 Å². The molecule has 0 bridgehead atoms. The molecule has 3 aromatic rings. The van der Waals surface area contributed by atoms with Gasteiger partial charge in [0.2, 0.25) is 0 Å². The van der Waals surface area contributed by atoms with Crippen molar-refractivity contribution in [3.05, 3.63) is 58.4 Å². The summed E-state index contributed by atoms with van der Waals surface area (Å²) in [6, 6.07) is 11.3. The lowest BCUT2D eigenvalue weighted by Gasteiger charge is -2.26. The van der Waals surface area contributed by atoms with Crippen molar-refractivity contribution in [3.63, 3.8) is 0 Å². The highest BCUT2D eigenvalue weighted by Gasteiger charge is 2.32. The molecular weight excluding hydrogens is 380 g/mol. The highest BCUT2D eigenvalue weighted by atomic mass is 32.1. The van der Waals surface area contributed by atoms with Gasteiger partial charge in [-0.1, -0.05) is 41.2 Å². The number of anilines is 3. The average molecular weight is 403 g/mol. The van der Waals surface area contributed by atoms with E-state index >= 15 is 0 Å². The van der Waals surface area contributed by atoms with Crippen LogP contribution in [0.5, 0.6) is 0 Å². The summed E-state index contributed by atoms with van der Waals surface area (Å²) in [6.07, 6.45) is 8.09. The molecule has 0 amide bonds. The van der Waals surface area contributed by atoms with Crippen LogP contribution in [0.15, 0.2) is 36.7 Å². The molecule has 1 aliphatic carbocycles. The Kier molecular flexibility index (Phi) is 4.64. The van der Waals surface area contributed by atoms with E-state index in [0.717, 1.165) is 49.6 Å². The highest BCUT2D eigenvalue weighted by Crippen LogP contribution is 2.44. The van der Waals surface area contributed by atoms with Crippen LogP contribution in [0.25, 0.3) is 0 Å². The van der Waals surface area contributed by atoms with E-state index in [4.69, 9.17) is 15.2 Å². The molecule has 1 saturated heterocycles. The maximum absolute atomic E-state index is 9.07. The third-order valence-corrected chi connectivity index (χ3v) is 6.42. The molecule has 0 radical (unpaired) electrons. The minimum atomic E-state index is 0.328. The molecule has 2 aromatic heterocycles. The van der Waals surface area contributed by atoms with Gasteiger partial charge in [-0.15, -0.1) is 0 Å². The Morgan fingerprint density at radius 1 is 1.14 bits per heavy atom. The number of aromatic nitrogens is 3. The van der Waals surface area contributed by atoms with Crippen LogP contribution in [0.4, 0.5) is 16.8 Å². The van der Waals surface area contributed by atoms with Gasteiger partial charge in [-0.2, -0.15) is 5.26 Å². The summed E-state index contributed by atoms with van der Waals surface area (Å²) in [6.45, 7) is 3.10. The Morgan fingerprint density at radius 3 is 2.69 bits per heavy atom. The van der Waals surface area contributed by atoms with Crippen molar-refractivity contribution in [2.75, 3.05) is 16.8 Å². The molecule has 1 aromatic carbocycles. The second-order valence-electron chi connectivity index (χ2n) is 7.76. The van der Waals surface area contributed by atoms with Gasteiger partial charge in [0, 0.05) is 12.5 Å². The first-order valence-electron chi connectivity index (χ1n) is 10.0. The van der Waals surface area contributed by atoms with E-state index in [1.54, 1.807) is 6.20 Å². The summed E-state index contributed by atoms with van der Waals surface area (Å²) in [5.74, 6) is 2.15. The lowest BCUT2D eigenvalue weighted by atomic mass is 10.0. The second kappa shape index (κ2) is 7.45. The summed E-state index contributed by atoms with van der Waals surface area (Å²) >= 11 is 1.34. The fourth-order valence-electron chi connectivity index (χ4n) is 3.94. The number of benzene rings is 1. The monoisotopic (exact) mass is 402 g/mol. The maximum atomic E-state index is 9.07. The molecule has 2 fully saturated rings. The van der Waals surface area contributed by atoms with Crippen LogP contribution >= 0.6 is 11.3 Å². The highest BCUT2D eigenvalue weighted by molar-refractivity contribution is 7.16. The largest absolute Gasteiger partial charge is 0.348 e. The number of nitriles is 1. The van der Waals surface area contributed by atoms with Crippen molar-refractivity contribution in [3.8, 4) is 6.07 Å². The molecule has 1 aliphatic heterocycles. The van der Waals surface area contributed by atoms with E-state index in [0.29, 0.717) is 22.0 Å². The van der Waals surface area contributed by atoms with E-state index in [2.05, 4.69) is 52.5 Å². The van der Waals surface area contributed by atoms with Gasteiger partial charge in [0.25, 0.3) is 0 Å². The van der Waals surface area contributed by atoms with Crippen LogP contribution < -0.4 is 10.2 Å². The summed E-state index contributed by atoms with van der Waals surface area (Å²) < 4.78 is 0. The number of nitrogens with zero attached hydrogens (tertiary/aromatic N) is 5. The molecule has 2 aliphatic rings. The number of rotatable bonds is 5. The van der Waals surface area contributed by atoms with Gasteiger partial charge >= 0.3 is 0 Å². The first-order chi connectivity index (χ1) is 14.2. The van der Waals surface area contributed by atoms with E-state index in [1.807, 2.05) is 6.20 Å². The molecule has 3 heterocycles. The van der Waals surface area contributed by atoms with Gasteiger partial charge in [-0.05, 0) is 38.2 Å². The van der Waals surface area contributed by atoms with Crippen molar-refractivity contribution in [2.24, 2.45) is 0 Å². The third kappa shape index (κ3) is 3.68. The summed E-state index contributed by atoms with van der Waals surface area (Å²) in [5.41, 5.74) is 3.61. The summed E-state index contributed by atoms with van der Waals surface area (Å²) in [5, 5.41) is 13.1. The van der Waals surface area contributed by atoms with Crippen molar-refractivity contribution in [1.82, 2.24) is 15.0 Å². The smallest absolute Gasteiger partial charge is 0.189 e. The Morgan fingerprint density at radius 2 is 1.97 bits per heavy atom. The molecule has 1 N–H and O–H groups in total. The zero-order valence-electron chi connectivity index (χ0n) is 16.3. The van der Waals surface area contributed by atoms with Crippen LogP contribution in [0, 0.1) is 18.3 Å². The molecule has 1 atom stereocenters. The quantitative estimate of drug-likeness (QED) is 0.641. The van der Waals surface area contributed by atoms with E-state index in [1.165, 1.54) is 22.5 Å². The minimum absolute atomic E-state index is 0.328. The maximum Gasteiger partial charge on any atom is 0.189 e. The van der Waals surface area contributed by atoms with Crippen LogP contribution in [-0.4, -0.2) is 21.5 Å². The summed E-state index contributed by atoms with van der Waals surface area (Å²) in [7, 11) is 0. The van der Waals surface area contributed by atoms with Gasteiger partial charge < -0.3 is 10.2 Å². The van der Waals surface area contributed by atoms with Crippen molar-refractivity contribution in [2.45, 2.75) is 44.6 Å². The average Bonchev–Trinajstić information content (AvgIpc) is 3.28. The number of thiazole rings is 1. The standard InChI is InChI=1S/C22H22N6S/c1-14-4-6-15(7-5-14)18-3-2-10-28(18)19-13-24-20(16-8-9-16)21(26-19)27-22-25-12-17(11-23)29-22/h4-7,12-13,16,18H,2-3,8-10H2,1H3,(H,25,26,27)/t18-/m0/s1. The zero-order valence-corrected chi connectivity index (χ0v) is 17.1. The van der Waals surface area contributed by atoms with Gasteiger partial charge in [0.15, 0.2) is 10.9 Å². The zero-order chi connectivity index (χ0) is 19.8. The molecule has 6 nitrogen and oxygen atoms in total. The Bertz CT molecular complexity index is 1060. The van der Waals surface area contributed by atoms with Crippen LogP contribution in [-0.2, 0) is 0 Å². The molecular formula is C22H22N6S. The van der Waals surface area contributed by atoms with Crippen molar-refractivity contribution < 1.29 is 0 Å². The van der Waals surface area contributed by atoms with Crippen LogP contribution in [0.3, 0.4) is 0 Å². The lowest BCUT2D eigenvalue weighted by molar-refractivity contribution is 0.709. The fourth-order valence-corrected chi connectivity index (χ4v) is 4.55. The normalized spacial score (nSPS) is 18.6. The topological polar surface area (TPSA) is 77.7 Å². The number of hydrogen-bond donors (Lipinski definition) is 1. The van der Waals surface area contributed by atoms with E-state index < -0.39 is 0 Å². The SMILES string of the molecule is Cc1ccc([C@@H]2CCCN2c2cnc(C3CC3)c(Nc3ncc(C#N)s3)n2)cc1. The predicted octanol–water partition coefficient (Wildman–Crippen LogP) is 5.08. The number of hydrogen-bond acceptors (Lipinski definition) is 7. The minimum Gasteiger partial charge on any atom is -0.348 e. The number of nitrogens with one attached hydrogen (secondary N) is 1. The molecule has 29 heavy (non-hydrogen) atoms. The molecule has 146 valence electrons. The van der Waals surface area contributed by atoms with Gasteiger partial charge in [-0.3, -0.25) is 4.98 Å². The Hall–Kier alpha value is -2.98. The van der Waals surface area contributed by atoms with E-state index in [9.17, 15) is 0 Å². The predicted molar refractivity (Wildman–Crippen MR) is 115 cm³/mol. The van der Waals surface area contributed by atoms with Crippen LogP contribution in [0.2, 0.25) is 0 Å². The molecule has 1 saturated carbocycles. The molecule has 0 unspecified atom stereocenters. The molecule has 7 heteroatoms. The number of aryl methyl sites for hydroxylation is 1. The molecule has 0 spiro atoms. The first-order valence-corrected chi connectivity index (χ1v) is 10.9. The lowest BCUT2D eigenvalue weighted by Crippen LogP contribution is -2.24. The van der Waals surface area contributed by atoms with Crippen molar-refractivity contribution in [1.29, 1.82) is 5.26 Å². The van der Waals surface area contributed by atoms with Gasteiger partial charge in [0.05, 0.1) is 24.1 Å². The molecule has 5 rings (SSSR count). The third-order valence-electron chi connectivity index (χ3n) is 5.60. The first kappa shape index (κ1) is 18.1. The second-order valence-corrected chi connectivity index (χ2v) is 8.80. The fraction of sp³-hybridized carbons (Fsp3) is 0.364. The van der Waals surface area contributed by atoms with Gasteiger partial charge in [-0.25, -0.2) is 9.97 Å². The van der Waals surface area contributed by atoms with Crippen molar-refractivity contribution >= 4 is 28.1 Å². The van der Waals surface area contributed by atoms with E-state index in [-0.39, 0.29) is 0 Å². The Balaban J connectivity index is 1.46. The summed E-state index contributed by atoms with van der Waals surface area (Å²) in [4.78, 5) is 17.0. The van der Waals surface area contributed by atoms with Gasteiger partial charge in [0.1, 0.15) is 16.8 Å².